The molecular weight excluding hydrogens is 378 g/mol. The molecule has 3 amide bonds. The molecule has 0 unspecified atom stereocenters. The normalized spacial score (nSPS) is 21.0. The molecule has 30 heavy (non-hydrogen) atoms. The summed E-state index contributed by atoms with van der Waals surface area (Å²) in [6.07, 6.45) is 5.25. The molecule has 1 aromatic heterocycles. The lowest BCUT2D eigenvalue weighted by molar-refractivity contribution is 0.0934. The Balaban J connectivity index is 1.49. The van der Waals surface area contributed by atoms with Crippen molar-refractivity contribution < 1.29 is 9.59 Å². The van der Waals surface area contributed by atoms with E-state index in [1.165, 1.54) is 0 Å². The van der Waals surface area contributed by atoms with E-state index in [2.05, 4.69) is 26.6 Å². The van der Waals surface area contributed by atoms with Crippen LogP contribution in [0, 0.1) is 0 Å². The first-order chi connectivity index (χ1) is 14.5. The molecule has 2 aromatic rings. The summed E-state index contributed by atoms with van der Waals surface area (Å²) >= 11 is 0. The van der Waals surface area contributed by atoms with Crippen LogP contribution in [0.4, 0.5) is 10.5 Å². The highest BCUT2D eigenvalue weighted by Crippen LogP contribution is 2.34. The van der Waals surface area contributed by atoms with Gasteiger partial charge in [0.15, 0.2) is 0 Å². The van der Waals surface area contributed by atoms with Gasteiger partial charge in [-0.1, -0.05) is 18.2 Å². The zero-order chi connectivity index (χ0) is 21.1. The lowest BCUT2D eigenvalue weighted by Gasteiger charge is -2.30. The van der Waals surface area contributed by atoms with Crippen LogP contribution in [0.5, 0.6) is 0 Å². The smallest absolute Gasteiger partial charge is 0.322 e. The second-order valence-electron chi connectivity index (χ2n) is 8.35. The van der Waals surface area contributed by atoms with Crippen molar-refractivity contribution in [3.8, 4) is 0 Å². The molecule has 2 N–H and O–H groups in total. The second kappa shape index (κ2) is 8.83. The minimum absolute atomic E-state index is 0.0485. The van der Waals surface area contributed by atoms with Gasteiger partial charge in [-0.15, -0.1) is 0 Å². The minimum Gasteiger partial charge on any atom is -0.350 e. The molecule has 7 heteroatoms. The molecule has 3 heterocycles. The molecule has 0 bridgehead atoms. The minimum atomic E-state index is -0.0975. The Bertz CT molecular complexity index is 901. The standard InChI is InChI=1S/C23H29N5O2/c1-16(2)26-23(30)28-15-20-10-9-19(13-25-22(29)17-7-5-11-24-12-17)27(20)14-18-6-3-4-8-21(18)28/h3-8,11-12,16,19-20H,9-10,13-15H2,1-2H3,(H,25,29)(H,26,30)/t19-,20-/m0/s1. The molecule has 2 atom stereocenters. The van der Waals surface area contributed by atoms with Crippen LogP contribution in [0.3, 0.4) is 0 Å². The fourth-order valence-corrected chi connectivity index (χ4v) is 4.43. The van der Waals surface area contributed by atoms with E-state index in [1.54, 1.807) is 24.5 Å². The Morgan fingerprint density at radius 2 is 2.00 bits per heavy atom. The van der Waals surface area contributed by atoms with E-state index in [1.807, 2.05) is 36.9 Å². The number of benzene rings is 1. The van der Waals surface area contributed by atoms with Crippen LogP contribution in [0.25, 0.3) is 0 Å². The first-order valence-corrected chi connectivity index (χ1v) is 10.6. The predicted molar refractivity (Wildman–Crippen MR) is 116 cm³/mol. The van der Waals surface area contributed by atoms with Crippen LogP contribution in [0.1, 0.15) is 42.6 Å². The van der Waals surface area contributed by atoms with Gasteiger partial charge in [-0.2, -0.15) is 0 Å². The molecule has 2 aliphatic heterocycles. The van der Waals surface area contributed by atoms with Crippen LogP contribution in [0.15, 0.2) is 48.8 Å². The fourth-order valence-electron chi connectivity index (χ4n) is 4.43. The SMILES string of the molecule is CC(C)NC(=O)N1C[C@@H]2CC[C@@H](CNC(=O)c3cccnc3)N2Cc2ccccc21. The number of pyridine rings is 1. The van der Waals surface area contributed by atoms with Crippen molar-refractivity contribution >= 4 is 17.6 Å². The Kier molecular flexibility index (Phi) is 5.99. The lowest BCUT2D eigenvalue weighted by Crippen LogP contribution is -2.49. The quantitative estimate of drug-likeness (QED) is 0.817. The number of hydrogen-bond donors (Lipinski definition) is 2. The van der Waals surface area contributed by atoms with Crippen LogP contribution >= 0.6 is 0 Å². The van der Waals surface area contributed by atoms with E-state index in [0.717, 1.165) is 30.6 Å². The number of carbonyl (C=O) groups is 2. The van der Waals surface area contributed by atoms with Crippen molar-refractivity contribution in [2.45, 2.75) is 51.4 Å². The van der Waals surface area contributed by atoms with Crippen molar-refractivity contribution in [1.29, 1.82) is 0 Å². The summed E-state index contributed by atoms with van der Waals surface area (Å²) in [5.41, 5.74) is 2.69. The summed E-state index contributed by atoms with van der Waals surface area (Å²) in [5.74, 6) is -0.0975. The summed E-state index contributed by atoms with van der Waals surface area (Å²) < 4.78 is 0. The number of carbonyl (C=O) groups excluding carboxylic acids is 2. The molecule has 0 radical (unpaired) electrons. The van der Waals surface area contributed by atoms with Crippen LogP contribution in [-0.2, 0) is 6.54 Å². The fraction of sp³-hybridized carbons (Fsp3) is 0.435. The summed E-state index contributed by atoms with van der Waals surface area (Å²) in [7, 11) is 0. The molecule has 2 aliphatic rings. The van der Waals surface area contributed by atoms with E-state index >= 15 is 0 Å². The first kappa shape index (κ1) is 20.3. The summed E-state index contributed by atoms with van der Waals surface area (Å²) in [6, 6.07) is 12.2. The highest BCUT2D eigenvalue weighted by atomic mass is 16.2. The van der Waals surface area contributed by atoms with Gasteiger partial charge in [0, 0.05) is 55.8 Å². The summed E-state index contributed by atoms with van der Waals surface area (Å²) in [4.78, 5) is 33.7. The maximum Gasteiger partial charge on any atom is 0.322 e. The highest BCUT2D eigenvalue weighted by molar-refractivity contribution is 5.94. The van der Waals surface area contributed by atoms with Gasteiger partial charge < -0.3 is 10.6 Å². The molecular formula is C23H29N5O2. The van der Waals surface area contributed by atoms with E-state index in [9.17, 15) is 9.59 Å². The predicted octanol–water partition coefficient (Wildman–Crippen LogP) is 2.78. The number of urea groups is 1. The summed E-state index contributed by atoms with van der Waals surface area (Å²) in [5, 5.41) is 6.10. The largest absolute Gasteiger partial charge is 0.350 e. The van der Waals surface area contributed by atoms with E-state index in [4.69, 9.17) is 0 Å². The average Bonchev–Trinajstić information content (AvgIpc) is 3.03. The van der Waals surface area contributed by atoms with Gasteiger partial charge >= 0.3 is 6.03 Å². The van der Waals surface area contributed by atoms with E-state index < -0.39 is 0 Å². The lowest BCUT2D eigenvalue weighted by atomic mass is 10.1. The van der Waals surface area contributed by atoms with Gasteiger partial charge in [-0.3, -0.25) is 19.6 Å². The highest BCUT2D eigenvalue weighted by Gasteiger charge is 2.38. The number of fused-ring (bicyclic) bond motifs is 2. The molecule has 0 saturated carbocycles. The number of nitrogens with one attached hydrogen (secondary N) is 2. The Morgan fingerprint density at radius 3 is 2.77 bits per heavy atom. The van der Waals surface area contributed by atoms with Crippen LogP contribution < -0.4 is 15.5 Å². The van der Waals surface area contributed by atoms with Crippen molar-refractivity contribution in [2.24, 2.45) is 0 Å². The monoisotopic (exact) mass is 407 g/mol. The molecule has 0 aliphatic carbocycles. The summed E-state index contributed by atoms with van der Waals surface area (Å²) in [6.45, 7) is 5.97. The third-order valence-corrected chi connectivity index (χ3v) is 5.88. The number of nitrogens with zero attached hydrogens (tertiary/aromatic N) is 3. The molecule has 7 nitrogen and oxygen atoms in total. The maximum absolute atomic E-state index is 12.9. The van der Waals surface area contributed by atoms with Crippen molar-refractivity contribution in [3.63, 3.8) is 0 Å². The third kappa shape index (κ3) is 4.31. The van der Waals surface area contributed by atoms with E-state index in [0.29, 0.717) is 18.7 Å². The maximum atomic E-state index is 12.9. The zero-order valence-electron chi connectivity index (χ0n) is 17.5. The van der Waals surface area contributed by atoms with E-state index in [-0.39, 0.29) is 30.1 Å². The van der Waals surface area contributed by atoms with Crippen molar-refractivity contribution in [1.82, 2.24) is 20.5 Å². The van der Waals surface area contributed by atoms with Crippen molar-refractivity contribution in [3.05, 3.63) is 59.9 Å². The Labute approximate surface area is 177 Å². The van der Waals surface area contributed by atoms with Gasteiger partial charge in [0.1, 0.15) is 0 Å². The van der Waals surface area contributed by atoms with Gasteiger partial charge in [-0.25, -0.2) is 4.79 Å². The van der Waals surface area contributed by atoms with Crippen LogP contribution in [0.2, 0.25) is 0 Å². The molecule has 4 rings (SSSR count). The van der Waals surface area contributed by atoms with Crippen molar-refractivity contribution in [2.75, 3.05) is 18.0 Å². The third-order valence-electron chi connectivity index (χ3n) is 5.88. The number of hydrogen-bond acceptors (Lipinski definition) is 4. The molecule has 1 aromatic carbocycles. The number of anilines is 1. The molecule has 1 saturated heterocycles. The average molecular weight is 408 g/mol. The van der Waals surface area contributed by atoms with Crippen LogP contribution in [-0.4, -0.2) is 53.0 Å². The van der Waals surface area contributed by atoms with Gasteiger partial charge in [0.25, 0.3) is 5.91 Å². The molecule has 0 spiro atoms. The van der Waals surface area contributed by atoms with Gasteiger partial charge in [0.05, 0.1) is 5.56 Å². The number of amides is 3. The number of rotatable bonds is 4. The Hall–Kier alpha value is -2.93. The number of aromatic nitrogens is 1. The van der Waals surface area contributed by atoms with Gasteiger partial charge in [0.2, 0.25) is 0 Å². The zero-order valence-corrected chi connectivity index (χ0v) is 17.5. The van der Waals surface area contributed by atoms with Gasteiger partial charge in [-0.05, 0) is 50.5 Å². The molecule has 1 fully saturated rings. The Morgan fingerprint density at radius 1 is 1.17 bits per heavy atom. The molecule has 158 valence electrons. The first-order valence-electron chi connectivity index (χ1n) is 10.6. The second-order valence-corrected chi connectivity index (χ2v) is 8.35. The topological polar surface area (TPSA) is 77.6 Å². The number of para-hydroxylation sites is 1.